The van der Waals surface area contributed by atoms with Gasteiger partial charge in [0.05, 0.1) is 12.1 Å². The van der Waals surface area contributed by atoms with Gasteiger partial charge in [-0.3, -0.25) is 0 Å². The summed E-state index contributed by atoms with van der Waals surface area (Å²) >= 11 is 0. The number of alkyl halides is 3. The van der Waals surface area contributed by atoms with E-state index in [0.29, 0.717) is 24.7 Å². The van der Waals surface area contributed by atoms with Crippen LogP contribution in [0.4, 0.5) is 28.0 Å². The number of halogens is 4. The van der Waals surface area contributed by atoms with Gasteiger partial charge in [0.1, 0.15) is 11.9 Å². The molecule has 1 atom stereocenters. The summed E-state index contributed by atoms with van der Waals surface area (Å²) in [6.07, 6.45) is -5.56. The van der Waals surface area contributed by atoms with E-state index in [4.69, 9.17) is 10.5 Å². The predicted molar refractivity (Wildman–Crippen MR) is 62.7 cm³/mol. The van der Waals surface area contributed by atoms with Crippen LogP contribution < -0.4 is 10.6 Å². The number of nitrogens with zero attached hydrogens (tertiary/aromatic N) is 1. The van der Waals surface area contributed by atoms with Gasteiger partial charge < -0.3 is 15.4 Å². The topological polar surface area (TPSA) is 55.6 Å². The minimum absolute atomic E-state index is 0.272. The second-order valence-electron chi connectivity index (χ2n) is 4.46. The average molecular weight is 292 g/mol. The maximum absolute atomic E-state index is 13.5. The SMILES string of the molecule is NC(=O)O[C@@H]1CCN(c2ccc(C(F)(F)F)c(F)c2)C1. The average Bonchev–Trinajstić information content (AvgIpc) is 2.74. The number of hydrogen-bond acceptors (Lipinski definition) is 3. The fourth-order valence-electron chi connectivity index (χ4n) is 2.15. The van der Waals surface area contributed by atoms with Crippen molar-refractivity contribution in [3.8, 4) is 0 Å². The summed E-state index contributed by atoms with van der Waals surface area (Å²) in [6.45, 7) is 0.719. The third kappa shape index (κ3) is 3.12. The number of ether oxygens (including phenoxy) is 1. The fourth-order valence-corrected chi connectivity index (χ4v) is 2.15. The number of hydrogen-bond donors (Lipinski definition) is 1. The van der Waals surface area contributed by atoms with Crippen LogP contribution in [0, 0.1) is 5.82 Å². The van der Waals surface area contributed by atoms with Gasteiger partial charge in [0, 0.05) is 18.7 Å². The Balaban J connectivity index is 2.12. The molecule has 1 aliphatic rings. The number of nitrogens with two attached hydrogens (primary N) is 1. The smallest absolute Gasteiger partial charge is 0.419 e. The standard InChI is InChI=1S/C12H12F4N2O2/c13-10-5-7(1-2-9(10)12(14,15)16)18-4-3-8(6-18)20-11(17)19/h1-2,5,8H,3-4,6H2,(H2,17,19)/t8-/m1/s1. The van der Waals surface area contributed by atoms with Crippen LogP contribution in [-0.2, 0) is 10.9 Å². The molecule has 2 rings (SSSR count). The van der Waals surface area contributed by atoms with Crippen molar-refractivity contribution in [1.82, 2.24) is 0 Å². The molecule has 110 valence electrons. The van der Waals surface area contributed by atoms with E-state index in [1.807, 2.05) is 0 Å². The Kier molecular flexibility index (Phi) is 3.74. The van der Waals surface area contributed by atoms with Crippen LogP contribution >= 0.6 is 0 Å². The monoisotopic (exact) mass is 292 g/mol. The molecule has 20 heavy (non-hydrogen) atoms. The zero-order valence-corrected chi connectivity index (χ0v) is 10.3. The minimum atomic E-state index is -4.72. The molecule has 1 amide bonds. The first-order chi connectivity index (χ1) is 9.27. The number of anilines is 1. The van der Waals surface area contributed by atoms with Crippen LogP contribution in [0.5, 0.6) is 0 Å². The molecule has 2 N–H and O–H groups in total. The summed E-state index contributed by atoms with van der Waals surface area (Å²) in [4.78, 5) is 12.2. The van der Waals surface area contributed by atoms with Crippen molar-refractivity contribution in [3.63, 3.8) is 0 Å². The molecule has 0 unspecified atom stereocenters. The molecule has 1 saturated heterocycles. The molecular formula is C12H12F4N2O2. The van der Waals surface area contributed by atoms with Gasteiger partial charge in [0.25, 0.3) is 0 Å². The number of amides is 1. The maximum atomic E-state index is 13.5. The van der Waals surface area contributed by atoms with Crippen molar-refractivity contribution in [1.29, 1.82) is 0 Å². The minimum Gasteiger partial charge on any atom is -0.444 e. The lowest BCUT2D eigenvalue weighted by atomic mass is 10.1. The van der Waals surface area contributed by atoms with E-state index < -0.39 is 29.8 Å². The summed E-state index contributed by atoms with van der Waals surface area (Å²) in [6, 6.07) is 2.72. The molecule has 0 saturated carbocycles. The highest BCUT2D eigenvalue weighted by Crippen LogP contribution is 2.33. The Morgan fingerprint density at radius 1 is 1.40 bits per heavy atom. The van der Waals surface area contributed by atoms with Crippen molar-refractivity contribution in [3.05, 3.63) is 29.6 Å². The van der Waals surface area contributed by atoms with Gasteiger partial charge in [-0.2, -0.15) is 13.2 Å². The van der Waals surface area contributed by atoms with Crippen LogP contribution in [0.3, 0.4) is 0 Å². The first-order valence-electron chi connectivity index (χ1n) is 5.85. The molecule has 0 radical (unpaired) electrons. The number of carbonyl (C=O) groups is 1. The maximum Gasteiger partial charge on any atom is 0.419 e. The summed E-state index contributed by atoms with van der Waals surface area (Å²) in [5.41, 5.74) is 3.89. The van der Waals surface area contributed by atoms with Gasteiger partial charge in [-0.15, -0.1) is 0 Å². The summed E-state index contributed by atoms with van der Waals surface area (Å²) < 4.78 is 55.6. The number of carbonyl (C=O) groups excluding carboxylic acids is 1. The summed E-state index contributed by atoms with van der Waals surface area (Å²) in [7, 11) is 0. The largest absolute Gasteiger partial charge is 0.444 e. The third-order valence-corrected chi connectivity index (χ3v) is 3.05. The lowest BCUT2D eigenvalue weighted by molar-refractivity contribution is -0.139. The van der Waals surface area contributed by atoms with Gasteiger partial charge in [-0.25, -0.2) is 9.18 Å². The van der Waals surface area contributed by atoms with Gasteiger partial charge in [0.15, 0.2) is 0 Å². The Morgan fingerprint density at radius 3 is 2.65 bits per heavy atom. The molecule has 4 nitrogen and oxygen atoms in total. The Hall–Kier alpha value is -1.99. The van der Waals surface area contributed by atoms with E-state index in [1.165, 1.54) is 6.07 Å². The zero-order valence-electron chi connectivity index (χ0n) is 10.3. The van der Waals surface area contributed by atoms with E-state index in [2.05, 4.69) is 0 Å². The van der Waals surface area contributed by atoms with Crippen molar-refractivity contribution < 1.29 is 27.1 Å². The van der Waals surface area contributed by atoms with E-state index in [9.17, 15) is 22.4 Å². The van der Waals surface area contributed by atoms with Crippen LogP contribution in [-0.4, -0.2) is 25.3 Å². The van der Waals surface area contributed by atoms with Crippen molar-refractivity contribution in [2.75, 3.05) is 18.0 Å². The first-order valence-corrected chi connectivity index (χ1v) is 5.85. The fraction of sp³-hybridized carbons (Fsp3) is 0.417. The molecule has 1 aromatic rings. The lowest BCUT2D eigenvalue weighted by Crippen LogP contribution is -2.27. The molecule has 0 spiro atoms. The highest BCUT2D eigenvalue weighted by atomic mass is 19.4. The number of rotatable bonds is 2. The third-order valence-electron chi connectivity index (χ3n) is 3.05. The highest BCUT2D eigenvalue weighted by molar-refractivity contribution is 5.65. The van der Waals surface area contributed by atoms with Crippen LogP contribution in [0.15, 0.2) is 18.2 Å². The van der Waals surface area contributed by atoms with E-state index in [1.54, 1.807) is 4.90 Å². The highest BCUT2D eigenvalue weighted by Gasteiger charge is 2.34. The zero-order chi connectivity index (χ0) is 14.9. The molecule has 0 aliphatic carbocycles. The summed E-state index contributed by atoms with van der Waals surface area (Å²) in [5, 5.41) is 0. The number of primary amides is 1. The molecule has 1 aromatic carbocycles. The van der Waals surface area contributed by atoms with E-state index >= 15 is 0 Å². The van der Waals surface area contributed by atoms with Gasteiger partial charge in [-0.05, 0) is 18.2 Å². The Bertz CT molecular complexity index is 519. The van der Waals surface area contributed by atoms with Gasteiger partial charge in [0.2, 0.25) is 0 Å². The van der Waals surface area contributed by atoms with E-state index in [-0.39, 0.29) is 6.54 Å². The number of benzene rings is 1. The normalized spacial score (nSPS) is 19.2. The molecular weight excluding hydrogens is 280 g/mol. The van der Waals surface area contributed by atoms with Crippen LogP contribution in [0.25, 0.3) is 0 Å². The quantitative estimate of drug-likeness (QED) is 0.852. The Morgan fingerprint density at radius 2 is 2.10 bits per heavy atom. The molecule has 1 heterocycles. The lowest BCUT2D eigenvalue weighted by Gasteiger charge is -2.19. The second-order valence-corrected chi connectivity index (χ2v) is 4.46. The van der Waals surface area contributed by atoms with Crippen LogP contribution in [0.2, 0.25) is 0 Å². The van der Waals surface area contributed by atoms with Gasteiger partial charge >= 0.3 is 12.3 Å². The second kappa shape index (κ2) is 5.18. The van der Waals surface area contributed by atoms with Crippen LogP contribution in [0.1, 0.15) is 12.0 Å². The van der Waals surface area contributed by atoms with E-state index in [0.717, 1.165) is 6.07 Å². The molecule has 8 heteroatoms. The molecule has 0 aromatic heterocycles. The first kappa shape index (κ1) is 14.4. The van der Waals surface area contributed by atoms with Crippen molar-refractivity contribution in [2.45, 2.75) is 18.7 Å². The predicted octanol–water partition coefficient (Wildman–Crippen LogP) is 2.52. The summed E-state index contributed by atoms with van der Waals surface area (Å²) in [5.74, 6) is -1.32. The van der Waals surface area contributed by atoms with Crippen molar-refractivity contribution in [2.24, 2.45) is 5.73 Å². The molecule has 1 fully saturated rings. The van der Waals surface area contributed by atoms with Crippen molar-refractivity contribution >= 4 is 11.8 Å². The van der Waals surface area contributed by atoms with Gasteiger partial charge in [-0.1, -0.05) is 0 Å². The Labute approximate surface area is 112 Å². The molecule has 0 bridgehead atoms. The molecule has 1 aliphatic heterocycles.